The summed E-state index contributed by atoms with van der Waals surface area (Å²) in [6.45, 7) is 9.94. The van der Waals surface area contributed by atoms with Crippen molar-refractivity contribution in [2.24, 2.45) is 5.92 Å². The Labute approximate surface area is 167 Å². The van der Waals surface area contributed by atoms with Crippen molar-refractivity contribution >= 4 is 21.6 Å². The summed E-state index contributed by atoms with van der Waals surface area (Å²) in [6.07, 6.45) is 3.26. The quantitative estimate of drug-likeness (QED) is 0.705. The second kappa shape index (κ2) is 7.04. The van der Waals surface area contributed by atoms with Gasteiger partial charge in [0.25, 0.3) is 0 Å². The molecule has 0 saturated carbocycles. The first kappa shape index (κ1) is 19.2. The van der Waals surface area contributed by atoms with Crippen LogP contribution in [0.1, 0.15) is 50.3 Å². The molecule has 3 aromatic heterocycles. The van der Waals surface area contributed by atoms with Crippen LogP contribution in [0.25, 0.3) is 10.2 Å². The number of ether oxygens (including phenoxy) is 1. The molecule has 0 aromatic carbocycles. The highest BCUT2D eigenvalue weighted by Gasteiger charge is 2.31. The number of thiophene rings is 1. The van der Waals surface area contributed by atoms with Gasteiger partial charge in [0.15, 0.2) is 0 Å². The molecule has 0 radical (unpaired) electrons. The van der Waals surface area contributed by atoms with Gasteiger partial charge < -0.3 is 9.15 Å². The summed E-state index contributed by atoms with van der Waals surface area (Å²) in [6, 6.07) is 3.65. The molecule has 1 aliphatic rings. The van der Waals surface area contributed by atoms with Crippen molar-refractivity contribution in [3.63, 3.8) is 0 Å². The third-order valence-electron chi connectivity index (χ3n) is 5.31. The Morgan fingerprint density at radius 3 is 2.79 bits per heavy atom. The Bertz CT molecular complexity index is 1120. The fourth-order valence-electron chi connectivity index (χ4n) is 3.73. The first-order valence-corrected chi connectivity index (χ1v) is 10.6. The minimum atomic E-state index is -0.266. The summed E-state index contributed by atoms with van der Waals surface area (Å²) in [5, 5.41) is 9.75. The summed E-state index contributed by atoms with van der Waals surface area (Å²) in [5.74, 6) is 1.17. The molecule has 0 atom stereocenters. The van der Waals surface area contributed by atoms with Crippen LogP contribution in [0.2, 0.25) is 0 Å². The van der Waals surface area contributed by atoms with Gasteiger partial charge in [0.2, 0.25) is 0 Å². The molecule has 3 aromatic rings. The lowest BCUT2D eigenvalue weighted by Crippen LogP contribution is -2.41. The Balaban J connectivity index is 1.96. The fourth-order valence-corrected chi connectivity index (χ4v) is 4.98. The monoisotopic (exact) mass is 401 g/mol. The summed E-state index contributed by atoms with van der Waals surface area (Å²) < 4.78 is 14.8. The topological polar surface area (TPSA) is 73.2 Å². The molecule has 28 heavy (non-hydrogen) atoms. The van der Waals surface area contributed by atoms with Crippen LogP contribution in [0.5, 0.6) is 0 Å². The smallest absolute Gasteiger partial charge is 0.331 e. The maximum atomic E-state index is 13.3. The van der Waals surface area contributed by atoms with Crippen LogP contribution >= 0.6 is 11.3 Å². The minimum absolute atomic E-state index is 0.145. The molecule has 0 fully saturated rings. The molecule has 0 unspecified atom stereocenters. The number of aromatic nitrogens is 2. The van der Waals surface area contributed by atoms with Gasteiger partial charge in [-0.05, 0) is 43.9 Å². The van der Waals surface area contributed by atoms with Gasteiger partial charge in [0.1, 0.15) is 16.1 Å². The zero-order valence-electron chi connectivity index (χ0n) is 16.9. The summed E-state index contributed by atoms with van der Waals surface area (Å²) in [5.41, 5.74) is 1.02. The second-order valence-electron chi connectivity index (χ2n) is 8.54. The van der Waals surface area contributed by atoms with Crippen molar-refractivity contribution in [2.45, 2.75) is 65.8 Å². The van der Waals surface area contributed by atoms with Crippen LogP contribution in [0.3, 0.4) is 0 Å². The largest absolute Gasteiger partial charge is 0.467 e. The Morgan fingerprint density at radius 2 is 2.11 bits per heavy atom. The van der Waals surface area contributed by atoms with E-state index >= 15 is 0 Å². The lowest BCUT2D eigenvalue weighted by molar-refractivity contribution is -0.0379. The Hall–Kier alpha value is -2.12. The van der Waals surface area contributed by atoms with E-state index in [4.69, 9.17) is 14.6 Å². The van der Waals surface area contributed by atoms with E-state index in [2.05, 4.69) is 27.7 Å². The van der Waals surface area contributed by atoms with Crippen LogP contribution in [-0.4, -0.2) is 14.7 Å². The first-order valence-electron chi connectivity index (χ1n) is 9.75. The van der Waals surface area contributed by atoms with Crippen LogP contribution in [-0.2, 0) is 30.9 Å². The van der Waals surface area contributed by atoms with Gasteiger partial charge in [0.05, 0.1) is 30.4 Å². The Kier molecular flexibility index (Phi) is 4.83. The zero-order valence-corrected chi connectivity index (χ0v) is 17.7. The van der Waals surface area contributed by atoms with E-state index in [9.17, 15) is 4.79 Å². The van der Waals surface area contributed by atoms with Gasteiger partial charge in [-0.3, -0.25) is 14.5 Å². The molecular formula is C21H27N3O3S. The molecule has 0 saturated heterocycles. The van der Waals surface area contributed by atoms with Gasteiger partial charge >= 0.3 is 5.69 Å². The maximum absolute atomic E-state index is 13.3. The van der Waals surface area contributed by atoms with Gasteiger partial charge in [-0.15, -0.1) is 11.3 Å². The third kappa shape index (κ3) is 3.37. The molecule has 7 heteroatoms. The van der Waals surface area contributed by atoms with Gasteiger partial charge in [-0.25, -0.2) is 4.79 Å². The molecule has 0 amide bonds. The van der Waals surface area contributed by atoms with Gasteiger partial charge in [-0.1, -0.05) is 13.8 Å². The molecule has 6 nitrogen and oxygen atoms in total. The summed E-state index contributed by atoms with van der Waals surface area (Å²) >= 11 is 1.60. The molecule has 0 bridgehead atoms. The van der Waals surface area contributed by atoms with E-state index in [1.807, 2.05) is 16.7 Å². The van der Waals surface area contributed by atoms with Crippen LogP contribution in [0.15, 0.2) is 27.6 Å². The predicted octanol–water partition coefficient (Wildman–Crippen LogP) is 3.88. The molecule has 4 rings (SSSR count). The minimum Gasteiger partial charge on any atom is -0.467 e. The van der Waals surface area contributed by atoms with Crippen LogP contribution < -0.4 is 11.2 Å². The van der Waals surface area contributed by atoms with Gasteiger partial charge in [-0.2, -0.15) is 0 Å². The molecule has 0 aliphatic carbocycles. The molecule has 1 aliphatic heterocycles. The molecule has 1 N–H and O–H groups in total. The Morgan fingerprint density at radius 1 is 1.32 bits per heavy atom. The number of furan rings is 1. The normalized spacial score (nSPS) is 16.0. The molecule has 0 spiro atoms. The maximum Gasteiger partial charge on any atom is 0.331 e. The van der Waals surface area contributed by atoms with Crippen molar-refractivity contribution in [3.8, 4) is 0 Å². The van der Waals surface area contributed by atoms with Crippen molar-refractivity contribution in [1.82, 2.24) is 9.13 Å². The van der Waals surface area contributed by atoms with Crippen molar-refractivity contribution in [1.29, 1.82) is 5.41 Å². The fraction of sp³-hybridized carbons (Fsp3) is 0.524. The lowest BCUT2D eigenvalue weighted by atomic mass is 9.94. The van der Waals surface area contributed by atoms with Crippen LogP contribution in [0.4, 0.5) is 0 Å². The number of nitrogens with zero attached hydrogens (tertiary/aromatic N) is 2. The van der Waals surface area contributed by atoms with E-state index in [1.165, 1.54) is 4.57 Å². The van der Waals surface area contributed by atoms with Crippen molar-refractivity contribution < 1.29 is 9.15 Å². The average Bonchev–Trinajstić information content (AvgIpc) is 3.25. The zero-order chi connectivity index (χ0) is 20.1. The summed E-state index contributed by atoms with van der Waals surface area (Å²) in [7, 11) is 0. The van der Waals surface area contributed by atoms with E-state index in [1.54, 1.807) is 17.6 Å². The van der Waals surface area contributed by atoms with Gasteiger partial charge in [0, 0.05) is 17.8 Å². The van der Waals surface area contributed by atoms with E-state index < -0.39 is 0 Å². The van der Waals surface area contributed by atoms with Crippen LogP contribution in [0, 0.1) is 11.3 Å². The average molecular weight is 402 g/mol. The van der Waals surface area contributed by atoms with E-state index in [-0.39, 0.29) is 23.3 Å². The lowest BCUT2D eigenvalue weighted by Gasteiger charge is -2.30. The van der Waals surface area contributed by atoms with Crippen molar-refractivity contribution in [2.75, 3.05) is 0 Å². The van der Waals surface area contributed by atoms with E-state index in [0.717, 1.165) is 33.5 Å². The molecular weight excluding hydrogens is 374 g/mol. The first-order chi connectivity index (χ1) is 13.3. The summed E-state index contributed by atoms with van der Waals surface area (Å²) in [4.78, 5) is 15.4. The number of aryl methyl sites for hydroxylation is 1. The molecule has 4 heterocycles. The highest BCUT2D eigenvalue weighted by atomic mass is 32.1. The standard InChI is InChI=1S/C21H27N3O3S/c1-13(2)7-8-23-19-17(15-10-21(3,4)27-12-16(15)28-19)18(22)24(20(23)25)11-14-6-5-9-26-14/h5-6,9,13,22H,7-8,10-12H2,1-4H3. The highest BCUT2D eigenvalue weighted by Crippen LogP contribution is 2.37. The van der Waals surface area contributed by atoms with Crippen molar-refractivity contribution in [3.05, 3.63) is 50.6 Å². The van der Waals surface area contributed by atoms with E-state index in [0.29, 0.717) is 24.8 Å². The number of fused-ring (bicyclic) bond motifs is 3. The molecule has 150 valence electrons. The number of hydrogen-bond acceptors (Lipinski definition) is 5. The third-order valence-corrected chi connectivity index (χ3v) is 6.53. The number of hydrogen-bond donors (Lipinski definition) is 1. The predicted molar refractivity (Wildman–Crippen MR) is 110 cm³/mol. The number of rotatable bonds is 5. The number of nitrogens with one attached hydrogen (secondary N) is 1. The SMILES string of the molecule is CC(C)CCn1c(=O)n(Cc2ccco2)c(=N)c2c3c(sc21)COC(C)(C)C3. The second-order valence-corrected chi connectivity index (χ2v) is 9.62. The highest BCUT2D eigenvalue weighted by molar-refractivity contribution is 7.18.